The fourth-order valence-corrected chi connectivity index (χ4v) is 1.69. The second kappa shape index (κ2) is 5.86. The number of anilines is 1. The number of aromatic nitrogens is 1. The SMILES string of the molecule is Nc1ccc(OCC(=O)NCC(F)(F)F)c2cccnc12. The first-order valence-electron chi connectivity index (χ1n) is 5.96. The number of nitrogens with one attached hydrogen (secondary N) is 1. The van der Waals surface area contributed by atoms with Crippen LogP contribution >= 0.6 is 0 Å². The highest BCUT2D eigenvalue weighted by molar-refractivity contribution is 5.94. The molecule has 1 aromatic heterocycles. The molecule has 0 bridgehead atoms. The Labute approximate surface area is 117 Å². The number of benzene rings is 1. The van der Waals surface area contributed by atoms with Crippen molar-refractivity contribution >= 4 is 22.5 Å². The van der Waals surface area contributed by atoms with E-state index >= 15 is 0 Å². The number of amides is 1. The maximum Gasteiger partial charge on any atom is 0.405 e. The van der Waals surface area contributed by atoms with Crippen molar-refractivity contribution in [2.45, 2.75) is 6.18 Å². The fourth-order valence-electron chi connectivity index (χ4n) is 1.69. The van der Waals surface area contributed by atoms with Gasteiger partial charge in [-0.05, 0) is 24.3 Å². The summed E-state index contributed by atoms with van der Waals surface area (Å²) >= 11 is 0. The van der Waals surface area contributed by atoms with Crippen molar-refractivity contribution in [2.75, 3.05) is 18.9 Å². The number of nitrogens with zero attached hydrogens (tertiary/aromatic N) is 1. The molecule has 8 heteroatoms. The summed E-state index contributed by atoms with van der Waals surface area (Å²) < 4.78 is 41.1. The first-order valence-corrected chi connectivity index (χ1v) is 5.96. The van der Waals surface area contributed by atoms with E-state index in [-0.39, 0.29) is 0 Å². The second-order valence-electron chi connectivity index (χ2n) is 4.23. The van der Waals surface area contributed by atoms with Crippen molar-refractivity contribution < 1.29 is 22.7 Å². The van der Waals surface area contributed by atoms with E-state index in [0.717, 1.165) is 0 Å². The Kier molecular flexibility index (Phi) is 4.15. The first-order chi connectivity index (χ1) is 9.87. The number of nitrogens with two attached hydrogens (primary N) is 1. The number of alkyl halides is 3. The molecule has 0 spiro atoms. The van der Waals surface area contributed by atoms with Crippen molar-refractivity contribution in [3.05, 3.63) is 30.5 Å². The van der Waals surface area contributed by atoms with E-state index in [9.17, 15) is 18.0 Å². The van der Waals surface area contributed by atoms with Gasteiger partial charge in [0.2, 0.25) is 0 Å². The van der Waals surface area contributed by atoms with E-state index in [1.54, 1.807) is 29.7 Å². The van der Waals surface area contributed by atoms with E-state index in [4.69, 9.17) is 10.5 Å². The molecule has 3 N–H and O–H groups in total. The van der Waals surface area contributed by atoms with Gasteiger partial charge in [-0.1, -0.05) is 0 Å². The van der Waals surface area contributed by atoms with E-state index in [0.29, 0.717) is 22.3 Å². The molecule has 1 heterocycles. The highest BCUT2D eigenvalue weighted by atomic mass is 19.4. The lowest BCUT2D eigenvalue weighted by molar-refractivity contribution is -0.139. The fraction of sp³-hybridized carbons (Fsp3) is 0.231. The van der Waals surface area contributed by atoms with Gasteiger partial charge in [0.15, 0.2) is 6.61 Å². The molecule has 112 valence electrons. The number of ether oxygens (including phenoxy) is 1. The molecule has 0 aliphatic rings. The molecule has 0 aliphatic heterocycles. The number of fused-ring (bicyclic) bond motifs is 1. The van der Waals surface area contributed by atoms with Gasteiger partial charge in [0.25, 0.3) is 5.91 Å². The molecule has 0 aliphatic carbocycles. The van der Waals surface area contributed by atoms with Crippen molar-refractivity contribution in [2.24, 2.45) is 0 Å². The lowest BCUT2D eigenvalue weighted by Crippen LogP contribution is -2.36. The van der Waals surface area contributed by atoms with Crippen LogP contribution in [-0.2, 0) is 4.79 Å². The predicted molar refractivity (Wildman–Crippen MR) is 70.7 cm³/mol. The van der Waals surface area contributed by atoms with Gasteiger partial charge in [-0.3, -0.25) is 9.78 Å². The van der Waals surface area contributed by atoms with E-state index < -0.39 is 25.2 Å². The van der Waals surface area contributed by atoms with Crippen LogP contribution in [0.1, 0.15) is 0 Å². The van der Waals surface area contributed by atoms with Crippen LogP contribution in [-0.4, -0.2) is 30.2 Å². The Morgan fingerprint density at radius 2 is 2.10 bits per heavy atom. The van der Waals surface area contributed by atoms with Gasteiger partial charge in [-0.25, -0.2) is 0 Å². The van der Waals surface area contributed by atoms with Crippen molar-refractivity contribution in [3.8, 4) is 5.75 Å². The van der Waals surface area contributed by atoms with E-state index in [2.05, 4.69) is 4.98 Å². The summed E-state index contributed by atoms with van der Waals surface area (Å²) in [6.07, 6.45) is -2.90. The van der Waals surface area contributed by atoms with Crippen LogP contribution < -0.4 is 15.8 Å². The summed E-state index contributed by atoms with van der Waals surface area (Å²) in [6, 6.07) is 6.45. The molecule has 0 saturated carbocycles. The van der Waals surface area contributed by atoms with Crippen molar-refractivity contribution in [1.82, 2.24) is 10.3 Å². The van der Waals surface area contributed by atoms with Crippen molar-refractivity contribution in [1.29, 1.82) is 0 Å². The number of pyridine rings is 1. The average molecular weight is 299 g/mol. The second-order valence-corrected chi connectivity index (χ2v) is 4.23. The minimum Gasteiger partial charge on any atom is -0.483 e. The molecule has 1 aromatic carbocycles. The summed E-state index contributed by atoms with van der Waals surface area (Å²) in [7, 11) is 0. The normalized spacial score (nSPS) is 11.4. The molecule has 0 unspecified atom stereocenters. The smallest absolute Gasteiger partial charge is 0.405 e. The molecule has 5 nitrogen and oxygen atoms in total. The Morgan fingerprint density at radius 3 is 2.81 bits per heavy atom. The third-order valence-corrected chi connectivity index (χ3v) is 2.61. The molecule has 0 fully saturated rings. The summed E-state index contributed by atoms with van der Waals surface area (Å²) in [6.45, 7) is -1.91. The summed E-state index contributed by atoms with van der Waals surface area (Å²) in [5.41, 5.74) is 6.70. The van der Waals surface area contributed by atoms with Crippen molar-refractivity contribution in [3.63, 3.8) is 0 Å². The monoisotopic (exact) mass is 299 g/mol. The quantitative estimate of drug-likeness (QED) is 0.845. The van der Waals surface area contributed by atoms with Gasteiger partial charge in [-0.2, -0.15) is 13.2 Å². The highest BCUT2D eigenvalue weighted by Gasteiger charge is 2.27. The number of carbonyl (C=O) groups excluding carboxylic acids is 1. The predicted octanol–water partition coefficient (Wildman–Crippen LogP) is 1.87. The zero-order valence-electron chi connectivity index (χ0n) is 10.8. The lowest BCUT2D eigenvalue weighted by atomic mass is 10.2. The molecule has 2 aromatic rings. The van der Waals surface area contributed by atoms with Gasteiger partial charge < -0.3 is 15.8 Å². The Morgan fingerprint density at radius 1 is 1.33 bits per heavy atom. The number of carbonyl (C=O) groups is 1. The Balaban J connectivity index is 2.04. The van der Waals surface area contributed by atoms with Crippen LogP contribution in [0.4, 0.5) is 18.9 Å². The number of hydrogen-bond donors (Lipinski definition) is 2. The number of nitrogen functional groups attached to an aromatic ring is 1. The summed E-state index contributed by atoms with van der Waals surface area (Å²) in [4.78, 5) is 15.4. The summed E-state index contributed by atoms with van der Waals surface area (Å²) in [5.74, 6) is -0.532. The maximum absolute atomic E-state index is 12.0. The molecule has 0 atom stereocenters. The molecule has 2 rings (SSSR count). The van der Waals surface area contributed by atoms with Crippen LogP contribution in [0, 0.1) is 0 Å². The first kappa shape index (κ1) is 14.9. The van der Waals surface area contributed by atoms with Gasteiger partial charge >= 0.3 is 6.18 Å². The molecular formula is C13H12F3N3O2. The highest BCUT2D eigenvalue weighted by Crippen LogP contribution is 2.28. The minimum absolute atomic E-state index is 0.328. The van der Waals surface area contributed by atoms with Gasteiger partial charge in [0.05, 0.1) is 11.2 Å². The largest absolute Gasteiger partial charge is 0.483 e. The van der Waals surface area contributed by atoms with E-state index in [1.807, 2.05) is 0 Å². The topological polar surface area (TPSA) is 77.2 Å². The number of hydrogen-bond acceptors (Lipinski definition) is 4. The molecule has 0 saturated heterocycles. The average Bonchev–Trinajstić information content (AvgIpc) is 2.44. The third-order valence-electron chi connectivity index (χ3n) is 2.61. The van der Waals surface area contributed by atoms with Crippen LogP contribution in [0.25, 0.3) is 10.9 Å². The van der Waals surface area contributed by atoms with Crippen LogP contribution in [0.2, 0.25) is 0 Å². The molecule has 1 amide bonds. The zero-order valence-corrected chi connectivity index (χ0v) is 10.8. The number of halogens is 3. The maximum atomic E-state index is 12.0. The minimum atomic E-state index is -4.45. The van der Waals surface area contributed by atoms with Gasteiger partial charge in [0, 0.05) is 11.6 Å². The molecule has 21 heavy (non-hydrogen) atoms. The van der Waals surface area contributed by atoms with Crippen LogP contribution in [0.3, 0.4) is 0 Å². The van der Waals surface area contributed by atoms with Crippen LogP contribution in [0.5, 0.6) is 5.75 Å². The third kappa shape index (κ3) is 3.98. The van der Waals surface area contributed by atoms with Gasteiger partial charge in [0.1, 0.15) is 12.3 Å². The Hall–Kier alpha value is -2.51. The standard InChI is InChI=1S/C13H12F3N3O2/c14-13(15,16)7-19-11(20)6-21-10-4-3-9(17)12-8(10)2-1-5-18-12/h1-5H,6-7,17H2,(H,19,20). The molecule has 0 radical (unpaired) electrons. The molecular weight excluding hydrogens is 287 g/mol. The summed E-state index contributed by atoms with van der Waals surface area (Å²) in [5, 5.41) is 2.31. The van der Waals surface area contributed by atoms with E-state index in [1.165, 1.54) is 6.07 Å². The van der Waals surface area contributed by atoms with Crippen LogP contribution in [0.15, 0.2) is 30.5 Å². The lowest BCUT2D eigenvalue weighted by Gasteiger charge is -2.11. The van der Waals surface area contributed by atoms with Gasteiger partial charge in [-0.15, -0.1) is 0 Å². The Bertz CT molecular complexity index is 659. The number of rotatable bonds is 4. The zero-order chi connectivity index (χ0) is 15.5.